The van der Waals surface area contributed by atoms with Crippen LogP contribution in [-0.2, 0) is 11.4 Å². The maximum absolute atomic E-state index is 13.7. The van der Waals surface area contributed by atoms with Crippen molar-refractivity contribution in [1.82, 2.24) is 5.32 Å². The third-order valence-electron chi connectivity index (χ3n) is 3.27. The van der Waals surface area contributed by atoms with Crippen LogP contribution in [0.1, 0.15) is 11.1 Å². The Morgan fingerprint density at radius 2 is 2.08 bits per heavy atom. The van der Waals surface area contributed by atoms with Gasteiger partial charge >= 0.3 is 0 Å². The van der Waals surface area contributed by atoms with Gasteiger partial charge in [-0.1, -0.05) is 29.4 Å². The second kappa shape index (κ2) is 8.13. The van der Waals surface area contributed by atoms with E-state index in [0.29, 0.717) is 27.3 Å². The number of ether oxygens (including phenoxy) is 1. The molecule has 0 radical (unpaired) electrons. The average molecular weight is 378 g/mol. The SMILES string of the molecule is O=C1CS/C(=N/N=Cc2ccc(OCc3c(F)cccc3Cl)cc2)N1. The average Bonchev–Trinajstić information content (AvgIpc) is 3.01. The van der Waals surface area contributed by atoms with Crippen molar-refractivity contribution < 1.29 is 13.9 Å². The largest absolute Gasteiger partial charge is 0.489 e. The summed E-state index contributed by atoms with van der Waals surface area (Å²) >= 11 is 7.27. The van der Waals surface area contributed by atoms with Gasteiger partial charge in [0.25, 0.3) is 0 Å². The number of carbonyl (C=O) groups excluding carboxylic acids is 1. The lowest BCUT2D eigenvalue weighted by molar-refractivity contribution is -0.116. The molecule has 0 unspecified atom stereocenters. The first-order chi connectivity index (χ1) is 12.1. The van der Waals surface area contributed by atoms with Crippen molar-refractivity contribution in [2.75, 3.05) is 5.75 Å². The van der Waals surface area contributed by atoms with Crippen LogP contribution in [0.25, 0.3) is 0 Å². The molecule has 1 aliphatic rings. The zero-order valence-corrected chi connectivity index (χ0v) is 14.5. The predicted molar refractivity (Wildman–Crippen MR) is 97.8 cm³/mol. The number of hydrogen-bond donors (Lipinski definition) is 1. The standard InChI is InChI=1S/C17H13ClFN3O2S/c18-14-2-1-3-15(19)13(14)9-24-12-6-4-11(5-7-12)8-20-22-17-21-16(23)10-25-17/h1-8H,9-10H2,(H,21,22,23). The van der Waals surface area contributed by atoms with Gasteiger partial charge in [-0.2, -0.15) is 5.10 Å². The molecular formula is C17H13ClFN3O2S. The molecule has 3 rings (SSSR count). The lowest BCUT2D eigenvalue weighted by atomic mass is 10.2. The molecule has 0 aliphatic carbocycles. The van der Waals surface area contributed by atoms with Crippen molar-refractivity contribution in [3.05, 3.63) is 64.4 Å². The van der Waals surface area contributed by atoms with E-state index in [-0.39, 0.29) is 12.5 Å². The minimum atomic E-state index is -0.396. The molecule has 0 atom stereocenters. The molecular weight excluding hydrogens is 365 g/mol. The summed E-state index contributed by atoms with van der Waals surface area (Å²) < 4.78 is 19.2. The fraction of sp³-hybridized carbons (Fsp3) is 0.118. The van der Waals surface area contributed by atoms with E-state index in [1.165, 1.54) is 17.8 Å². The van der Waals surface area contributed by atoms with Gasteiger partial charge < -0.3 is 10.1 Å². The van der Waals surface area contributed by atoms with Gasteiger partial charge in [0.05, 0.1) is 17.0 Å². The quantitative estimate of drug-likeness (QED) is 0.639. The number of amidine groups is 1. The summed E-state index contributed by atoms with van der Waals surface area (Å²) in [6, 6.07) is 11.6. The van der Waals surface area contributed by atoms with Gasteiger partial charge in [0.1, 0.15) is 18.2 Å². The van der Waals surface area contributed by atoms with Gasteiger partial charge in [-0.3, -0.25) is 4.79 Å². The maximum atomic E-state index is 13.7. The molecule has 0 saturated carbocycles. The van der Waals surface area contributed by atoms with Crippen molar-refractivity contribution in [1.29, 1.82) is 0 Å². The van der Waals surface area contributed by atoms with Crippen LogP contribution in [-0.4, -0.2) is 23.0 Å². The Hall–Kier alpha value is -2.38. The molecule has 25 heavy (non-hydrogen) atoms. The van der Waals surface area contributed by atoms with Crippen LogP contribution in [0.5, 0.6) is 5.75 Å². The summed E-state index contributed by atoms with van der Waals surface area (Å²) in [4.78, 5) is 11.0. The van der Waals surface area contributed by atoms with Crippen molar-refractivity contribution in [3.63, 3.8) is 0 Å². The van der Waals surface area contributed by atoms with Gasteiger partial charge in [-0.25, -0.2) is 4.39 Å². The molecule has 5 nitrogen and oxygen atoms in total. The number of halogens is 2. The normalized spacial score (nSPS) is 15.8. The number of thioether (sulfide) groups is 1. The zero-order chi connectivity index (χ0) is 17.6. The van der Waals surface area contributed by atoms with E-state index in [4.69, 9.17) is 16.3 Å². The van der Waals surface area contributed by atoms with Crippen LogP contribution in [0.3, 0.4) is 0 Å². The second-order valence-corrected chi connectivity index (χ2v) is 6.42. The fourth-order valence-electron chi connectivity index (χ4n) is 2.00. The first kappa shape index (κ1) is 17.4. The summed E-state index contributed by atoms with van der Waals surface area (Å²) in [6.45, 7) is 0.0452. The molecule has 1 amide bonds. The number of nitrogens with zero attached hydrogens (tertiary/aromatic N) is 2. The number of rotatable bonds is 5. The van der Waals surface area contributed by atoms with Gasteiger partial charge in [-0.15, -0.1) is 5.10 Å². The molecule has 1 fully saturated rings. The topological polar surface area (TPSA) is 63.0 Å². The fourth-order valence-corrected chi connectivity index (χ4v) is 2.85. The van der Waals surface area contributed by atoms with Gasteiger partial charge in [0.15, 0.2) is 5.17 Å². The minimum Gasteiger partial charge on any atom is -0.489 e. The van der Waals surface area contributed by atoms with Crippen LogP contribution in [0, 0.1) is 5.82 Å². The predicted octanol–water partition coefficient (Wildman–Crippen LogP) is 3.61. The van der Waals surface area contributed by atoms with E-state index in [2.05, 4.69) is 15.5 Å². The number of nitrogens with one attached hydrogen (secondary N) is 1. The molecule has 0 bridgehead atoms. The van der Waals surface area contributed by atoms with E-state index >= 15 is 0 Å². The Morgan fingerprint density at radius 3 is 2.76 bits per heavy atom. The Kier molecular flexibility index (Phi) is 5.67. The molecule has 1 aliphatic heterocycles. The summed E-state index contributed by atoms with van der Waals surface area (Å²) in [7, 11) is 0. The molecule has 8 heteroatoms. The van der Waals surface area contributed by atoms with Crippen molar-refractivity contribution in [2.24, 2.45) is 10.2 Å². The highest BCUT2D eigenvalue weighted by atomic mass is 35.5. The molecule has 128 valence electrons. The van der Waals surface area contributed by atoms with Crippen LogP contribution in [0.15, 0.2) is 52.7 Å². The number of amides is 1. The lowest BCUT2D eigenvalue weighted by Crippen LogP contribution is -2.19. The molecule has 2 aromatic carbocycles. The summed E-state index contributed by atoms with van der Waals surface area (Å²) in [5.74, 6) is 0.482. The van der Waals surface area contributed by atoms with Crippen molar-refractivity contribution in [2.45, 2.75) is 6.61 Å². The molecule has 1 heterocycles. The van der Waals surface area contributed by atoms with E-state index < -0.39 is 5.82 Å². The van der Waals surface area contributed by atoms with Crippen LogP contribution in [0.2, 0.25) is 5.02 Å². The van der Waals surface area contributed by atoms with Gasteiger partial charge in [0.2, 0.25) is 5.91 Å². The number of benzene rings is 2. The van der Waals surface area contributed by atoms with Crippen molar-refractivity contribution in [3.8, 4) is 5.75 Å². The third kappa shape index (κ3) is 4.80. The van der Waals surface area contributed by atoms with Crippen LogP contribution >= 0.6 is 23.4 Å². The summed E-state index contributed by atoms with van der Waals surface area (Å²) in [6.07, 6.45) is 1.57. The third-order valence-corrected chi connectivity index (χ3v) is 4.48. The van der Waals surface area contributed by atoms with E-state index in [1.807, 2.05) is 0 Å². The number of hydrogen-bond acceptors (Lipinski definition) is 5. The zero-order valence-electron chi connectivity index (χ0n) is 12.9. The van der Waals surface area contributed by atoms with E-state index in [1.54, 1.807) is 42.6 Å². The molecule has 0 spiro atoms. The van der Waals surface area contributed by atoms with Crippen LogP contribution < -0.4 is 10.1 Å². The Morgan fingerprint density at radius 1 is 1.28 bits per heavy atom. The monoisotopic (exact) mass is 377 g/mol. The summed E-state index contributed by atoms with van der Waals surface area (Å²) in [5.41, 5.74) is 1.14. The Labute approximate surface area is 152 Å². The summed E-state index contributed by atoms with van der Waals surface area (Å²) in [5, 5.41) is 11.3. The molecule has 0 aromatic heterocycles. The van der Waals surface area contributed by atoms with Gasteiger partial charge in [0, 0.05) is 5.56 Å². The molecule has 1 N–H and O–H groups in total. The van der Waals surface area contributed by atoms with Crippen molar-refractivity contribution >= 4 is 40.7 Å². The first-order valence-electron chi connectivity index (χ1n) is 7.31. The maximum Gasteiger partial charge on any atom is 0.236 e. The smallest absolute Gasteiger partial charge is 0.236 e. The lowest BCUT2D eigenvalue weighted by Gasteiger charge is -2.08. The highest BCUT2D eigenvalue weighted by molar-refractivity contribution is 8.15. The Bertz CT molecular complexity index is 820. The molecule has 1 saturated heterocycles. The first-order valence-corrected chi connectivity index (χ1v) is 8.67. The highest BCUT2D eigenvalue weighted by Gasteiger charge is 2.15. The highest BCUT2D eigenvalue weighted by Crippen LogP contribution is 2.21. The molecule has 2 aromatic rings. The Balaban J connectivity index is 1.58. The minimum absolute atomic E-state index is 0.0452. The van der Waals surface area contributed by atoms with Crippen LogP contribution in [0.4, 0.5) is 4.39 Å². The van der Waals surface area contributed by atoms with Gasteiger partial charge in [-0.05, 0) is 42.0 Å². The second-order valence-electron chi connectivity index (χ2n) is 5.04. The number of carbonyl (C=O) groups is 1. The van der Waals surface area contributed by atoms with E-state index in [0.717, 1.165) is 5.56 Å². The van der Waals surface area contributed by atoms with E-state index in [9.17, 15) is 9.18 Å².